The second kappa shape index (κ2) is 6.52. The highest BCUT2D eigenvalue weighted by Gasteiger charge is 2.27. The average Bonchev–Trinajstić information content (AvgIpc) is 2.40. The molecule has 1 atom stereocenters. The summed E-state index contributed by atoms with van der Waals surface area (Å²) in [5.41, 5.74) is 6.47. The molecule has 1 aromatic rings. The molecule has 0 bridgehead atoms. The minimum atomic E-state index is 0.165. The lowest BCUT2D eigenvalue weighted by atomic mass is 9.98. The number of nitrogens with two attached hydrogens (primary N) is 1. The number of carbonyl (C=O) groups is 1. The van der Waals surface area contributed by atoms with Crippen molar-refractivity contribution in [1.82, 2.24) is 4.90 Å². The van der Waals surface area contributed by atoms with Crippen LogP contribution in [0.15, 0.2) is 24.3 Å². The number of rotatable bonds is 3. The number of hydrogen-bond acceptors (Lipinski definition) is 2. The standard InChI is InChI=1S/C14H19IN2O/c15-13-7-2-1-6-12(13)14(18)17-10-4-3-5-11(17)8-9-16/h1-2,6-7,11H,3-5,8-10,16H2. The van der Waals surface area contributed by atoms with Crippen LogP contribution in [0.1, 0.15) is 36.0 Å². The number of benzene rings is 1. The van der Waals surface area contributed by atoms with Gasteiger partial charge in [-0.1, -0.05) is 12.1 Å². The van der Waals surface area contributed by atoms with Crippen molar-refractivity contribution in [3.05, 3.63) is 33.4 Å². The predicted octanol–water partition coefficient (Wildman–Crippen LogP) is 2.63. The third-order valence-corrected chi connectivity index (χ3v) is 4.43. The van der Waals surface area contributed by atoms with Gasteiger partial charge in [-0.25, -0.2) is 0 Å². The molecule has 0 aromatic heterocycles. The van der Waals surface area contributed by atoms with E-state index in [9.17, 15) is 4.79 Å². The molecule has 4 heteroatoms. The second-order valence-corrected chi connectivity index (χ2v) is 5.87. The van der Waals surface area contributed by atoms with E-state index in [0.29, 0.717) is 12.6 Å². The minimum Gasteiger partial charge on any atom is -0.336 e. The maximum absolute atomic E-state index is 12.6. The quantitative estimate of drug-likeness (QED) is 0.845. The molecular formula is C14H19IN2O. The molecule has 1 unspecified atom stereocenters. The first-order chi connectivity index (χ1) is 8.74. The molecule has 2 rings (SSSR count). The first-order valence-electron chi connectivity index (χ1n) is 6.49. The molecule has 0 radical (unpaired) electrons. The summed E-state index contributed by atoms with van der Waals surface area (Å²) in [7, 11) is 0. The topological polar surface area (TPSA) is 46.3 Å². The van der Waals surface area contributed by atoms with Crippen LogP contribution in [0.25, 0.3) is 0 Å². The van der Waals surface area contributed by atoms with Gasteiger partial charge in [-0.3, -0.25) is 4.79 Å². The molecule has 1 aromatic carbocycles. The summed E-state index contributed by atoms with van der Waals surface area (Å²) < 4.78 is 1.03. The summed E-state index contributed by atoms with van der Waals surface area (Å²) in [6, 6.07) is 8.12. The van der Waals surface area contributed by atoms with Gasteiger partial charge >= 0.3 is 0 Å². The van der Waals surface area contributed by atoms with Gasteiger partial charge in [0.2, 0.25) is 0 Å². The van der Waals surface area contributed by atoms with Gasteiger partial charge in [-0.2, -0.15) is 0 Å². The van der Waals surface area contributed by atoms with Crippen LogP contribution in [0.3, 0.4) is 0 Å². The molecule has 3 nitrogen and oxygen atoms in total. The molecule has 2 N–H and O–H groups in total. The SMILES string of the molecule is NCCC1CCCCN1C(=O)c1ccccc1I. The average molecular weight is 358 g/mol. The Labute approximate surface area is 122 Å². The van der Waals surface area contributed by atoms with E-state index in [0.717, 1.165) is 34.9 Å². The molecule has 0 spiro atoms. The monoisotopic (exact) mass is 358 g/mol. The fourth-order valence-corrected chi connectivity index (χ4v) is 3.17. The van der Waals surface area contributed by atoms with Crippen LogP contribution < -0.4 is 5.73 Å². The molecule has 18 heavy (non-hydrogen) atoms. The van der Waals surface area contributed by atoms with Crippen LogP contribution >= 0.6 is 22.6 Å². The first kappa shape index (κ1) is 13.8. The zero-order valence-corrected chi connectivity index (χ0v) is 12.6. The molecule has 1 amide bonds. The largest absolute Gasteiger partial charge is 0.336 e. The Morgan fingerprint density at radius 2 is 2.17 bits per heavy atom. The van der Waals surface area contributed by atoms with Crippen molar-refractivity contribution < 1.29 is 4.79 Å². The Kier molecular flexibility index (Phi) is 5.00. The van der Waals surface area contributed by atoms with Crippen LogP contribution in [0, 0.1) is 3.57 Å². The zero-order valence-electron chi connectivity index (χ0n) is 10.4. The fourth-order valence-electron chi connectivity index (χ4n) is 2.55. The molecule has 0 saturated carbocycles. The van der Waals surface area contributed by atoms with Gasteiger partial charge in [-0.15, -0.1) is 0 Å². The number of piperidine rings is 1. The van der Waals surface area contributed by atoms with Gasteiger partial charge in [-0.05, 0) is 67.0 Å². The Morgan fingerprint density at radius 1 is 1.39 bits per heavy atom. The van der Waals surface area contributed by atoms with E-state index in [1.54, 1.807) is 0 Å². The lowest BCUT2D eigenvalue weighted by Crippen LogP contribution is -2.44. The Balaban J connectivity index is 2.18. The van der Waals surface area contributed by atoms with Gasteiger partial charge in [0.15, 0.2) is 0 Å². The molecule has 1 saturated heterocycles. The van der Waals surface area contributed by atoms with E-state index in [1.807, 2.05) is 29.2 Å². The first-order valence-corrected chi connectivity index (χ1v) is 7.57. The van der Waals surface area contributed by atoms with E-state index in [1.165, 1.54) is 6.42 Å². The maximum atomic E-state index is 12.6. The van der Waals surface area contributed by atoms with Gasteiger partial charge < -0.3 is 10.6 Å². The molecule has 1 fully saturated rings. The molecule has 1 aliphatic heterocycles. The van der Waals surface area contributed by atoms with E-state index in [4.69, 9.17) is 5.73 Å². The van der Waals surface area contributed by atoms with Crippen LogP contribution in [0.5, 0.6) is 0 Å². The molecule has 1 heterocycles. The number of hydrogen-bond donors (Lipinski definition) is 1. The Bertz CT molecular complexity index is 420. The lowest BCUT2D eigenvalue weighted by Gasteiger charge is -2.36. The summed E-state index contributed by atoms with van der Waals surface area (Å²) >= 11 is 2.23. The van der Waals surface area contributed by atoms with Crippen LogP contribution in [-0.2, 0) is 0 Å². The molecule has 1 aliphatic rings. The van der Waals surface area contributed by atoms with Crippen molar-refractivity contribution in [2.75, 3.05) is 13.1 Å². The van der Waals surface area contributed by atoms with E-state index in [2.05, 4.69) is 22.6 Å². The van der Waals surface area contributed by atoms with Crippen LogP contribution in [0.2, 0.25) is 0 Å². The normalized spacial score (nSPS) is 19.9. The number of amides is 1. The zero-order chi connectivity index (χ0) is 13.0. The minimum absolute atomic E-state index is 0.165. The smallest absolute Gasteiger partial charge is 0.255 e. The summed E-state index contributed by atoms with van der Waals surface area (Å²) in [4.78, 5) is 14.6. The van der Waals surface area contributed by atoms with E-state index >= 15 is 0 Å². The van der Waals surface area contributed by atoms with Crippen molar-refractivity contribution in [3.8, 4) is 0 Å². The molecule has 98 valence electrons. The van der Waals surface area contributed by atoms with Crippen molar-refractivity contribution in [2.45, 2.75) is 31.7 Å². The van der Waals surface area contributed by atoms with E-state index < -0.39 is 0 Å². The van der Waals surface area contributed by atoms with Gasteiger partial charge in [0, 0.05) is 16.2 Å². The van der Waals surface area contributed by atoms with Gasteiger partial charge in [0.05, 0.1) is 5.56 Å². The van der Waals surface area contributed by atoms with Crippen molar-refractivity contribution in [3.63, 3.8) is 0 Å². The Morgan fingerprint density at radius 3 is 2.89 bits per heavy atom. The Hall–Kier alpha value is -0.620. The highest BCUT2D eigenvalue weighted by atomic mass is 127. The lowest BCUT2D eigenvalue weighted by molar-refractivity contribution is 0.0604. The fraction of sp³-hybridized carbons (Fsp3) is 0.500. The number of carbonyl (C=O) groups excluding carboxylic acids is 1. The molecular weight excluding hydrogens is 339 g/mol. The van der Waals surface area contributed by atoms with E-state index in [-0.39, 0.29) is 5.91 Å². The van der Waals surface area contributed by atoms with Crippen LogP contribution in [0.4, 0.5) is 0 Å². The van der Waals surface area contributed by atoms with Gasteiger partial charge in [0.25, 0.3) is 5.91 Å². The van der Waals surface area contributed by atoms with Crippen molar-refractivity contribution >= 4 is 28.5 Å². The third kappa shape index (κ3) is 3.03. The number of likely N-dealkylation sites (tertiary alicyclic amines) is 1. The highest BCUT2D eigenvalue weighted by molar-refractivity contribution is 14.1. The molecule has 0 aliphatic carbocycles. The number of nitrogens with zero attached hydrogens (tertiary/aromatic N) is 1. The van der Waals surface area contributed by atoms with Crippen molar-refractivity contribution in [1.29, 1.82) is 0 Å². The van der Waals surface area contributed by atoms with Crippen molar-refractivity contribution in [2.24, 2.45) is 5.73 Å². The maximum Gasteiger partial charge on any atom is 0.255 e. The van der Waals surface area contributed by atoms with Crippen LogP contribution in [-0.4, -0.2) is 29.9 Å². The summed E-state index contributed by atoms with van der Waals surface area (Å²) in [6.45, 7) is 1.52. The summed E-state index contributed by atoms with van der Waals surface area (Å²) in [6.07, 6.45) is 4.32. The number of halogens is 1. The predicted molar refractivity (Wildman–Crippen MR) is 81.5 cm³/mol. The summed E-state index contributed by atoms with van der Waals surface area (Å²) in [5.74, 6) is 0.165. The summed E-state index contributed by atoms with van der Waals surface area (Å²) in [5, 5.41) is 0. The van der Waals surface area contributed by atoms with Gasteiger partial charge in [0.1, 0.15) is 0 Å². The third-order valence-electron chi connectivity index (χ3n) is 3.49. The second-order valence-electron chi connectivity index (χ2n) is 4.71. The highest BCUT2D eigenvalue weighted by Crippen LogP contribution is 2.23.